The first kappa shape index (κ1) is 34.9. The molecule has 0 amide bonds. The molecule has 9 rings (SSSR count). The van der Waals surface area contributed by atoms with Gasteiger partial charge in [-0.25, -0.2) is 0 Å². The van der Waals surface area contributed by atoms with Gasteiger partial charge in [0.05, 0.1) is 0 Å². The van der Waals surface area contributed by atoms with Crippen LogP contribution in [0.15, 0.2) is 206 Å². The smallest absolute Gasteiger partial charge is 0.0387 e. The van der Waals surface area contributed by atoms with Crippen molar-refractivity contribution in [2.45, 2.75) is 6.92 Å². The number of nitrogen functional groups attached to an aromatic ring is 1. The molecule has 0 aromatic heterocycles. The molecule has 0 aliphatic heterocycles. The van der Waals surface area contributed by atoms with Crippen molar-refractivity contribution in [1.82, 2.24) is 0 Å². The predicted octanol–water partition coefficient (Wildman–Crippen LogP) is 13.8. The van der Waals surface area contributed by atoms with Crippen LogP contribution < -0.4 is 11.5 Å². The summed E-state index contributed by atoms with van der Waals surface area (Å²) in [6, 6.07) is 64.3. The normalized spacial score (nSPS) is 11.8. The molecular formula is C53H42N2. The lowest BCUT2D eigenvalue weighted by Gasteiger charge is -2.18. The lowest BCUT2D eigenvalue weighted by atomic mass is 9.85. The number of benzene rings is 9. The largest absolute Gasteiger partial charge is 0.405 e. The van der Waals surface area contributed by atoms with Crippen LogP contribution in [-0.4, -0.2) is 0 Å². The van der Waals surface area contributed by atoms with Gasteiger partial charge >= 0.3 is 0 Å². The summed E-state index contributed by atoms with van der Waals surface area (Å²) in [5, 5.41) is 9.88. The Kier molecular flexibility index (Phi) is 10.0. The molecule has 0 spiro atoms. The van der Waals surface area contributed by atoms with Crippen LogP contribution in [0.25, 0.3) is 77.0 Å². The van der Waals surface area contributed by atoms with Gasteiger partial charge in [0.15, 0.2) is 0 Å². The first-order valence-electron chi connectivity index (χ1n) is 18.7. The Hall–Kier alpha value is -7.16. The average molecular weight is 707 g/mol. The molecule has 0 bridgehead atoms. The zero-order chi connectivity index (χ0) is 37.6. The third-order valence-corrected chi connectivity index (χ3v) is 10.2. The van der Waals surface area contributed by atoms with Gasteiger partial charge < -0.3 is 11.5 Å². The van der Waals surface area contributed by atoms with Crippen LogP contribution in [0.4, 0.5) is 5.69 Å². The number of nitrogens with two attached hydrogens (primary N) is 2. The van der Waals surface area contributed by atoms with E-state index in [0.29, 0.717) is 0 Å². The van der Waals surface area contributed by atoms with Gasteiger partial charge in [-0.05, 0) is 119 Å². The second kappa shape index (κ2) is 15.8. The van der Waals surface area contributed by atoms with Crippen molar-refractivity contribution in [1.29, 1.82) is 0 Å². The van der Waals surface area contributed by atoms with E-state index in [1.165, 1.54) is 76.5 Å². The minimum Gasteiger partial charge on any atom is -0.405 e. The first-order valence-corrected chi connectivity index (χ1v) is 18.7. The number of allylic oxidation sites excluding steroid dienone is 4. The number of hydrogen-bond acceptors (Lipinski definition) is 2. The molecule has 264 valence electrons. The summed E-state index contributed by atoms with van der Waals surface area (Å²) in [6.07, 6.45) is 9.73. The molecule has 0 atom stereocenters. The Morgan fingerprint density at radius 2 is 0.964 bits per heavy atom. The molecule has 9 aromatic carbocycles. The van der Waals surface area contributed by atoms with E-state index < -0.39 is 0 Å². The Bertz CT molecular complexity index is 2840. The molecule has 0 aliphatic carbocycles. The highest BCUT2D eigenvalue weighted by molar-refractivity contribution is 6.20. The van der Waals surface area contributed by atoms with Crippen LogP contribution in [-0.2, 0) is 0 Å². The highest BCUT2D eigenvalue weighted by Crippen LogP contribution is 2.43. The molecule has 2 nitrogen and oxygen atoms in total. The monoisotopic (exact) mass is 706 g/mol. The molecule has 0 saturated heterocycles. The van der Waals surface area contributed by atoms with Crippen LogP contribution in [0.2, 0.25) is 0 Å². The molecule has 0 fully saturated rings. The van der Waals surface area contributed by atoms with E-state index in [-0.39, 0.29) is 0 Å². The quantitative estimate of drug-likeness (QED) is 0.103. The Morgan fingerprint density at radius 1 is 0.473 bits per heavy atom. The summed E-state index contributed by atoms with van der Waals surface area (Å²) in [5.41, 5.74) is 22.3. The highest BCUT2D eigenvalue weighted by atomic mass is 14.5. The van der Waals surface area contributed by atoms with Gasteiger partial charge in [0, 0.05) is 5.69 Å². The maximum Gasteiger partial charge on any atom is 0.0387 e. The Morgan fingerprint density at radius 3 is 1.56 bits per heavy atom. The van der Waals surface area contributed by atoms with Crippen LogP contribution >= 0.6 is 0 Å². The third kappa shape index (κ3) is 7.40. The number of rotatable bonds is 6. The second-order valence-corrected chi connectivity index (χ2v) is 13.8. The Labute approximate surface area is 323 Å². The Balaban J connectivity index is 0.000000209. The van der Waals surface area contributed by atoms with Crippen molar-refractivity contribution in [3.8, 4) is 22.3 Å². The number of fused-ring (bicyclic) bond motifs is 4. The summed E-state index contributed by atoms with van der Waals surface area (Å²) in [7, 11) is 0. The summed E-state index contributed by atoms with van der Waals surface area (Å²) in [6.45, 7) is 2.12. The molecule has 0 aliphatic rings. The van der Waals surface area contributed by atoms with Gasteiger partial charge in [0.2, 0.25) is 0 Å². The molecule has 55 heavy (non-hydrogen) atoms. The molecular weight excluding hydrogens is 665 g/mol. The topological polar surface area (TPSA) is 52.0 Å². The first-order chi connectivity index (χ1) is 27.1. The van der Waals surface area contributed by atoms with Gasteiger partial charge in [-0.2, -0.15) is 0 Å². The third-order valence-electron chi connectivity index (χ3n) is 10.2. The number of para-hydroxylation sites is 1. The minimum absolute atomic E-state index is 0.749. The van der Waals surface area contributed by atoms with Gasteiger partial charge in [-0.15, -0.1) is 0 Å². The lowest BCUT2D eigenvalue weighted by Crippen LogP contribution is -1.93. The SMILES string of the molecule is Cc1ccc(-c2ccc3ccccc3c2)cc1.N/C=C/C=C(\C=C/c1ccccc1N)c1c2ccccc2c(-c2ccc3ccccc3c2)c2ccccc12. The number of anilines is 1. The average Bonchev–Trinajstić information content (AvgIpc) is 3.24. The summed E-state index contributed by atoms with van der Waals surface area (Å²) >= 11 is 0. The van der Waals surface area contributed by atoms with Crippen molar-refractivity contribution in [2.75, 3.05) is 5.73 Å². The zero-order valence-corrected chi connectivity index (χ0v) is 30.9. The fourth-order valence-electron chi connectivity index (χ4n) is 7.43. The maximum absolute atomic E-state index is 6.25. The maximum atomic E-state index is 6.25. The zero-order valence-electron chi connectivity index (χ0n) is 30.9. The number of hydrogen-bond donors (Lipinski definition) is 2. The molecule has 0 saturated carbocycles. The van der Waals surface area contributed by atoms with Crippen molar-refractivity contribution < 1.29 is 0 Å². The standard InChI is InChI=1S/C36H28N2.C17H14/c37-23-9-13-27(21-20-26-11-3-8-18-34(26)38)35-30-14-4-6-16-32(30)36(33-17-7-5-15-31(33)35)29-22-19-25-10-1-2-12-28(25)24-29;1-13-6-8-15(9-7-13)17-11-10-14-4-2-3-5-16(14)12-17/h1-24H,37-38H2;2-12H,1H3/b21-20-,23-9+,27-13+;. The van der Waals surface area contributed by atoms with Crippen molar-refractivity contribution in [3.05, 3.63) is 223 Å². The molecule has 0 radical (unpaired) electrons. The van der Waals surface area contributed by atoms with Crippen LogP contribution in [0.5, 0.6) is 0 Å². The fourth-order valence-corrected chi connectivity index (χ4v) is 7.43. The van der Waals surface area contributed by atoms with Crippen LogP contribution in [0.3, 0.4) is 0 Å². The molecule has 0 unspecified atom stereocenters. The van der Waals surface area contributed by atoms with E-state index >= 15 is 0 Å². The fraction of sp³-hybridized carbons (Fsp3) is 0.0189. The summed E-state index contributed by atoms with van der Waals surface area (Å²) in [5.74, 6) is 0. The van der Waals surface area contributed by atoms with Crippen LogP contribution in [0, 0.1) is 6.92 Å². The predicted molar refractivity (Wildman–Crippen MR) is 240 cm³/mol. The molecule has 4 N–H and O–H groups in total. The highest BCUT2D eigenvalue weighted by Gasteiger charge is 2.17. The van der Waals surface area contributed by atoms with E-state index in [1.54, 1.807) is 6.20 Å². The van der Waals surface area contributed by atoms with Crippen LogP contribution in [0.1, 0.15) is 16.7 Å². The van der Waals surface area contributed by atoms with E-state index in [9.17, 15) is 0 Å². The second-order valence-electron chi connectivity index (χ2n) is 13.8. The van der Waals surface area contributed by atoms with E-state index in [0.717, 1.165) is 16.8 Å². The summed E-state index contributed by atoms with van der Waals surface area (Å²) < 4.78 is 0. The lowest BCUT2D eigenvalue weighted by molar-refractivity contribution is 1.47. The van der Waals surface area contributed by atoms with E-state index in [4.69, 9.17) is 11.5 Å². The van der Waals surface area contributed by atoms with Gasteiger partial charge in [-0.1, -0.05) is 188 Å². The number of aryl methyl sites for hydroxylation is 1. The summed E-state index contributed by atoms with van der Waals surface area (Å²) in [4.78, 5) is 0. The van der Waals surface area contributed by atoms with Gasteiger partial charge in [-0.3, -0.25) is 0 Å². The van der Waals surface area contributed by atoms with E-state index in [1.807, 2.05) is 30.3 Å². The molecule has 9 aromatic rings. The van der Waals surface area contributed by atoms with Crippen molar-refractivity contribution >= 4 is 60.4 Å². The minimum atomic E-state index is 0.749. The van der Waals surface area contributed by atoms with Gasteiger partial charge in [0.25, 0.3) is 0 Å². The van der Waals surface area contributed by atoms with Gasteiger partial charge in [0.1, 0.15) is 0 Å². The van der Waals surface area contributed by atoms with Crippen molar-refractivity contribution in [3.63, 3.8) is 0 Å². The van der Waals surface area contributed by atoms with E-state index in [2.05, 4.69) is 183 Å². The molecule has 0 heterocycles. The van der Waals surface area contributed by atoms with Crippen molar-refractivity contribution in [2.24, 2.45) is 5.73 Å². The molecule has 2 heteroatoms.